The molecule has 4 rings (SSSR count). The van der Waals surface area contributed by atoms with E-state index in [1.807, 2.05) is 0 Å². The van der Waals surface area contributed by atoms with Crippen LogP contribution in [0.25, 0.3) is 27.8 Å². The van der Waals surface area contributed by atoms with E-state index in [-0.39, 0.29) is 33.5 Å². The van der Waals surface area contributed by atoms with Crippen LogP contribution in [0.3, 0.4) is 0 Å². The quantitative estimate of drug-likeness (QED) is 0.424. The molecular formula is C15H10N10S. The van der Waals surface area contributed by atoms with Gasteiger partial charge in [-0.3, -0.25) is 4.98 Å². The zero-order valence-corrected chi connectivity index (χ0v) is 13.9. The second kappa shape index (κ2) is 5.57. The number of rotatable bonds is 2. The Kier molecular flexibility index (Phi) is 3.34. The van der Waals surface area contributed by atoms with Crippen LogP contribution in [0.4, 0.5) is 11.6 Å². The van der Waals surface area contributed by atoms with Crippen LogP contribution in [-0.2, 0) is 0 Å². The highest BCUT2D eigenvalue weighted by Gasteiger charge is 2.23. The van der Waals surface area contributed by atoms with Crippen LogP contribution < -0.4 is 17.2 Å². The van der Waals surface area contributed by atoms with Gasteiger partial charge in [-0.2, -0.15) is 9.78 Å². The van der Waals surface area contributed by atoms with Gasteiger partial charge in [0.2, 0.25) is 0 Å². The first-order valence-corrected chi connectivity index (χ1v) is 7.68. The molecule has 0 aliphatic carbocycles. The molecule has 0 aromatic carbocycles. The minimum absolute atomic E-state index is 0.00544. The number of nitrogen functional groups attached to an aromatic ring is 2. The van der Waals surface area contributed by atoms with Gasteiger partial charge in [-0.05, 0) is 6.07 Å². The number of fused-ring (bicyclic) bond motifs is 3. The van der Waals surface area contributed by atoms with Gasteiger partial charge in [-0.15, -0.1) is 15.3 Å². The standard InChI is InChI=1S/C15H10N10S/c16-4-7-8(6-2-1-3-20-5-6)9-14(21-11(7)17)24-25-12(18)10(13(19)26)22-23-15(9)25/h1-3,5H,18H2,(H2,19,26)(H2,17,21,24). The van der Waals surface area contributed by atoms with Crippen LogP contribution >= 0.6 is 12.2 Å². The SMILES string of the molecule is N#Cc1c(N)nc2nn3c(N)c(C(N)=S)nnc3c2c1-c1cccnc1. The van der Waals surface area contributed by atoms with Crippen molar-refractivity contribution in [3.8, 4) is 17.2 Å². The van der Waals surface area contributed by atoms with E-state index in [0.29, 0.717) is 22.2 Å². The van der Waals surface area contributed by atoms with E-state index in [2.05, 4.69) is 31.3 Å². The monoisotopic (exact) mass is 362 g/mol. The van der Waals surface area contributed by atoms with E-state index in [9.17, 15) is 5.26 Å². The van der Waals surface area contributed by atoms with Crippen molar-refractivity contribution in [1.82, 2.24) is 29.8 Å². The molecule has 126 valence electrons. The number of aromatic nitrogens is 6. The van der Waals surface area contributed by atoms with Crippen molar-refractivity contribution in [3.05, 3.63) is 35.8 Å². The Balaban J connectivity index is 2.23. The van der Waals surface area contributed by atoms with Gasteiger partial charge in [0.15, 0.2) is 22.8 Å². The van der Waals surface area contributed by atoms with E-state index >= 15 is 0 Å². The third kappa shape index (κ3) is 2.10. The Hall–Kier alpha value is -3.91. The fourth-order valence-corrected chi connectivity index (χ4v) is 2.87. The summed E-state index contributed by atoms with van der Waals surface area (Å²) in [6.45, 7) is 0. The molecule has 0 unspecified atom stereocenters. The van der Waals surface area contributed by atoms with Crippen LogP contribution in [0, 0.1) is 11.3 Å². The van der Waals surface area contributed by atoms with E-state index in [4.69, 9.17) is 29.4 Å². The van der Waals surface area contributed by atoms with E-state index < -0.39 is 0 Å². The van der Waals surface area contributed by atoms with Crippen molar-refractivity contribution in [3.63, 3.8) is 0 Å². The molecule has 0 radical (unpaired) electrons. The molecule has 0 fully saturated rings. The summed E-state index contributed by atoms with van der Waals surface area (Å²) in [4.78, 5) is 8.30. The van der Waals surface area contributed by atoms with E-state index in [1.54, 1.807) is 24.5 Å². The molecule has 26 heavy (non-hydrogen) atoms. The molecule has 11 heteroatoms. The molecular weight excluding hydrogens is 352 g/mol. The largest absolute Gasteiger partial charge is 0.388 e. The number of hydrogen-bond donors (Lipinski definition) is 3. The first-order chi connectivity index (χ1) is 12.5. The number of thiocarbonyl (C=S) groups is 1. The molecule has 0 atom stereocenters. The van der Waals surface area contributed by atoms with Gasteiger partial charge < -0.3 is 17.2 Å². The lowest BCUT2D eigenvalue weighted by atomic mass is 9.99. The molecule has 10 nitrogen and oxygen atoms in total. The highest BCUT2D eigenvalue weighted by molar-refractivity contribution is 7.80. The summed E-state index contributed by atoms with van der Waals surface area (Å²) in [6.07, 6.45) is 3.23. The second-order valence-electron chi connectivity index (χ2n) is 5.33. The highest BCUT2D eigenvalue weighted by atomic mass is 32.1. The number of hydrogen-bond acceptors (Lipinski definition) is 9. The third-order valence-electron chi connectivity index (χ3n) is 3.84. The average molecular weight is 362 g/mol. The molecule has 0 amide bonds. The minimum atomic E-state index is -0.00544. The van der Waals surface area contributed by atoms with Crippen LogP contribution in [-0.4, -0.2) is 34.8 Å². The Bertz CT molecular complexity index is 1240. The Morgan fingerprint density at radius 2 is 2.08 bits per heavy atom. The number of nitrogens with zero attached hydrogens (tertiary/aromatic N) is 7. The molecule has 4 aromatic heterocycles. The maximum absolute atomic E-state index is 9.59. The van der Waals surface area contributed by atoms with Crippen molar-refractivity contribution in [2.24, 2.45) is 5.73 Å². The normalized spacial score (nSPS) is 10.9. The molecule has 0 saturated carbocycles. The average Bonchev–Trinajstić information content (AvgIpc) is 3.00. The van der Waals surface area contributed by atoms with Gasteiger partial charge >= 0.3 is 0 Å². The summed E-state index contributed by atoms with van der Waals surface area (Å²) in [5.74, 6) is 0.165. The predicted octanol–water partition coefficient (Wildman–Crippen LogP) is 0.405. The lowest BCUT2D eigenvalue weighted by molar-refractivity contribution is 0.902. The fourth-order valence-electron chi connectivity index (χ4n) is 2.72. The first kappa shape index (κ1) is 15.6. The summed E-state index contributed by atoms with van der Waals surface area (Å²) in [7, 11) is 0. The maximum atomic E-state index is 9.59. The fraction of sp³-hybridized carbons (Fsp3) is 0. The number of anilines is 2. The van der Waals surface area contributed by atoms with Crippen molar-refractivity contribution in [1.29, 1.82) is 5.26 Å². The minimum Gasteiger partial charge on any atom is -0.388 e. The molecule has 0 aliphatic heterocycles. The van der Waals surface area contributed by atoms with Gasteiger partial charge in [-0.25, -0.2) is 4.98 Å². The molecule has 6 N–H and O–H groups in total. The first-order valence-electron chi connectivity index (χ1n) is 7.27. The molecule has 4 heterocycles. The summed E-state index contributed by atoms with van der Waals surface area (Å²) < 4.78 is 1.33. The molecule has 0 saturated heterocycles. The van der Waals surface area contributed by atoms with Gasteiger partial charge in [0.05, 0.1) is 5.39 Å². The molecule has 0 aliphatic rings. The molecule has 0 spiro atoms. The van der Waals surface area contributed by atoms with Gasteiger partial charge in [0.25, 0.3) is 0 Å². The van der Waals surface area contributed by atoms with E-state index in [1.165, 1.54) is 4.52 Å². The topological polar surface area (TPSA) is 171 Å². The summed E-state index contributed by atoms with van der Waals surface area (Å²) >= 11 is 4.92. The number of nitrogens with two attached hydrogens (primary N) is 3. The summed E-state index contributed by atoms with van der Waals surface area (Å²) in [5, 5.41) is 22.5. The van der Waals surface area contributed by atoms with Gasteiger partial charge in [-0.1, -0.05) is 18.3 Å². The van der Waals surface area contributed by atoms with Crippen LogP contribution in [0.5, 0.6) is 0 Å². The predicted molar refractivity (Wildman–Crippen MR) is 98.7 cm³/mol. The lowest BCUT2D eigenvalue weighted by Gasteiger charge is -2.07. The molecule has 4 aromatic rings. The third-order valence-corrected chi connectivity index (χ3v) is 4.03. The second-order valence-corrected chi connectivity index (χ2v) is 5.77. The lowest BCUT2D eigenvalue weighted by Crippen LogP contribution is -2.18. The molecule has 0 bridgehead atoms. The van der Waals surface area contributed by atoms with Crippen molar-refractivity contribution >= 4 is 45.5 Å². The van der Waals surface area contributed by atoms with Gasteiger partial charge in [0.1, 0.15) is 22.4 Å². The number of nitriles is 1. The Morgan fingerprint density at radius 1 is 1.27 bits per heavy atom. The Morgan fingerprint density at radius 3 is 2.73 bits per heavy atom. The maximum Gasteiger partial charge on any atom is 0.189 e. The zero-order valence-electron chi connectivity index (χ0n) is 13.1. The smallest absolute Gasteiger partial charge is 0.189 e. The highest BCUT2D eigenvalue weighted by Crippen LogP contribution is 2.35. The van der Waals surface area contributed by atoms with Crippen molar-refractivity contribution in [2.45, 2.75) is 0 Å². The van der Waals surface area contributed by atoms with Crippen LogP contribution in [0.1, 0.15) is 11.3 Å². The van der Waals surface area contributed by atoms with Gasteiger partial charge in [0, 0.05) is 23.5 Å². The van der Waals surface area contributed by atoms with E-state index in [0.717, 1.165) is 0 Å². The van der Waals surface area contributed by atoms with Crippen molar-refractivity contribution < 1.29 is 0 Å². The van der Waals surface area contributed by atoms with Crippen molar-refractivity contribution in [2.75, 3.05) is 11.5 Å². The zero-order chi connectivity index (χ0) is 18.4. The Labute approximate surface area is 151 Å². The van der Waals surface area contributed by atoms with Crippen LogP contribution in [0.15, 0.2) is 24.5 Å². The summed E-state index contributed by atoms with van der Waals surface area (Å²) in [5.41, 5.74) is 19.7. The van der Waals surface area contributed by atoms with Crippen LogP contribution in [0.2, 0.25) is 0 Å². The summed E-state index contributed by atoms with van der Waals surface area (Å²) in [6, 6.07) is 5.62. The number of pyridine rings is 2.